The molecule has 0 radical (unpaired) electrons. The summed E-state index contributed by atoms with van der Waals surface area (Å²) < 4.78 is 36.8. The van der Waals surface area contributed by atoms with E-state index in [0.717, 1.165) is 9.18 Å². The predicted octanol–water partition coefficient (Wildman–Crippen LogP) is 2.48. The van der Waals surface area contributed by atoms with Crippen molar-refractivity contribution in [3.05, 3.63) is 47.7 Å². The second kappa shape index (κ2) is 9.37. The second-order valence-electron chi connectivity index (χ2n) is 6.33. The molecule has 0 fully saturated rings. The van der Waals surface area contributed by atoms with Crippen LogP contribution in [0.2, 0.25) is 0 Å². The third-order valence-corrected chi connectivity index (χ3v) is 7.08. The van der Waals surface area contributed by atoms with Crippen molar-refractivity contribution in [2.24, 2.45) is 0 Å². The summed E-state index contributed by atoms with van der Waals surface area (Å²) in [7, 11) is -0.951. The molecule has 9 nitrogen and oxygen atoms in total. The Morgan fingerprint density at radius 2 is 1.97 bits per heavy atom. The molecule has 0 aliphatic carbocycles. The van der Waals surface area contributed by atoms with Crippen LogP contribution in [-0.2, 0) is 21.4 Å². The number of likely N-dealkylation sites (N-methyl/N-ethyl adjacent to an activating group) is 2. The summed E-state index contributed by atoms with van der Waals surface area (Å²) in [5.74, 6) is 0.927. The number of sulfonamides is 1. The molecule has 160 valence electrons. The SMILES string of the molecule is CCN(Cc1nc(-c2cccs2)no1)C(=O)CN(C)S(=O)(=O)c1ccc(OC)cc1. The van der Waals surface area contributed by atoms with Crippen molar-refractivity contribution in [1.82, 2.24) is 19.3 Å². The van der Waals surface area contributed by atoms with Crippen molar-refractivity contribution in [1.29, 1.82) is 0 Å². The van der Waals surface area contributed by atoms with Gasteiger partial charge in [-0.25, -0.2) is 8.42 Å². The molecule has 2 heterocycles. The van der Waals surface area contributed by atoms with E-state index in [1.807, 2.05) is 17.5 Å². The van der Waals surface area contributed by atoms with Crippen LogP contribution in [-0.4, -0.2) is 60.9 Å². The van der Waals surface area contributed by atoms with Crippen molar-refractivity contribution < 1.29 is 22.5 Å². The van der Waals surface area contributed by atoms with Gasteiger partial charge in [-0.1, -0.05) is 11.2 Å². The van der Waals surface area contributed by atoms with Gasteiger partial charge in [0.1, 0.15) is 12.3 Å². The first-order valence-corrected chi connectivity index (χ1v) is 11.4. The Morgan fingerprint density at radius 3 is 2.57 bits per heavy atom. The zero-order valence-electron chi connectivity index (χ0n) is 16.8. The van der Waals surface area contributed by atoms with E-state index in [-0.39, 0.29) is 29.8 Å². The minimum Gasteiger partial charge on any atom is -0.497 e. The fraction of sp³-hybridized carbons (Fsp3) is 0.316. The molecule has 0 bridgehead atoms. The van der Waals surface area contributed by atoms with Gasteiger partial charge in [-0.05, 0) is 42.6 Å². The number of benzene rings is 1. The number of amides is 1. The molecule has 1 amide bonds. The van der Waals surface area contributed by atoms with E-state index >= 15 is 0 Å². The van der Waals surface area contributed by atoms with Crippen molar-refractivity contribution in [2.75, 3.05) is 27.2 Å². The third-order valence-electron chi connectivity index (χ3n) is 4.40. The molecule has 3 rings (SSSR count). The number of carbonyl (C=O) groups excluding carboxylic acids is 1. The van der Waals surface area contributed by atoms with Gasteiger partial charge in [0.2, 0.25) is 27.6 Å². The smallest absolute Gasteiger partial charge is 0.246 e. The van der Waals surface area contributed by atoms with Gasteiger partial charge in [-0.2, -0.15) is 9.29 Å². The topological polar surface area (TPSA) is 106 Å². The van der Waals surface area contributed by atoms with Gasteiger partial charge in [-0.15, -0.1) is 11.3 Å². The number of hydrogen-bond donors (Lipinski definition) is 0. The number of aromatic nitrogens is 2. The first kappa shape index (κ1) is 21.9. The molecule has 1 aromatic carbocycles. The molecular weight excluding hydrogens is 428 g/mol. The van der Waals surface area contributed by atoms with E-state index in [1.54, 1.807) is 19.1 Å². The van der Waals surface area contributed by atoms with Crippen LogP contribution < -0.4 is 4.74 Å². The van der Waals surface area contributed by atoms with Crippen LogP contribution >= 0.6 is 11.3 Å². The molecule has 0 N–H and O–H groups in total. The van der Waals surface area contributed by atoms with Gasteiger partial charge in [0.25, 0.3) is 0 Å². The van der Waals surface area contributed by atoms with Gasteiger partial charge in [0, 0.05) is 13.6 Å². The van der Waals surface area contributed by atoms with Crippen molar-refractivity contribution in [3.63, 3.8) is 0 Å². The fourth-order valence-corrected chi connectivity index (χ4v) is 4.44. The minimum atomic E-state index is -3.82. The van der Waals surface area contributed by atoms with Crippen molar-refractivity contribution >= 4 is 27.3 Å². The Kier molecular flexibility index (Phi) is 6.85. The van der Waals surface area contributed by atoms with Gasteiger partial charge in [0.15, 0.2) is 0 Å². The summed E-state index contributed by atoms with van der Waals surface area (Å²) in [6, 6.07) is 9.76. The fourth-order valence-electron chi connectivity index (χ4n) is 2.67. The van der Waals surface area contributed by atoms with Crippen molar-refractivity contribution in [3.8, 4) is 16.5 Å². The van der Waals surface area contributed by atoms with E-state index in [0.29, 0.717) is 18.1 Å². The van der Waals surface area contributed by atoms with Crippen LogP contribution in [0, 0.1) is 0 Å². The minimum absolute atomic E-state index is 0.0825. The van der Waals surface area contributed by atoms with E-state index in [2.05, 4.69) is 10.1 Å². The second-order valence-corrected chi connectivity index (χ2v) is 9.33. The lowest BCUT2D eigenvalue weighted by Crippen LogP contribution is -2.40. The zero-order chi connectivity index (χ0) is 21.7. The number of ether oxygens (including phenoxy) is 1. The maximum absolute atomic E-state index is 12.7. The van der Waals surface area contributed by atoms with E-state index in [4.69, 9.17) is 9.26 Å². The summed E-state index contributed by atoms with van der Waals surface area (Å²) >= 11 is 1.48. The molecule has 2 aromatic heterocycles. The van der Waals surface area contributed by atoms with E-state index in [1.165, 1.54) is 42.5 Å². The Morgan fingerprint density at radius 1 is 1.23 bits per heavy atom. The lowest BCUT2D eigenvalue weighted by atomic mass is 10.3. The quantitative estimate of drug-likeness (QED) is 0.493. The van der Waals surface area contributed by atoms with Crippen LogP contribution in [0.15, 0.2) is 51.2 Å². The number of methoxy groups -OCH3 is 1. The lowest BCUT2D eigenvalue weighted by molar-refractivity contribution is -0.132. The molecule has 11 heteroatoms. The van der Waals surface area contributed by atoms with E-state index in [9.17, 15) is 13.2 Å². The van der Waals surface area contributed by atoms with Gasteiger partial charge < -0.3 is 14.2 Å². The number of rotatable bonds is 9. The standard InChI is InChI=1S/C19H22N4O5S2/c1-4-23(12-17-20-19(21-28-17)16-6-5-11-29-16)18(24)13-22(2)30(25,26)15-9-7-14(27-3)8-10-15/h5-11H,4,12-13H2,1-3H3. The molecule has 0 saturated carbocycles. The molecule has 0 saturated heterocycles. The Labute approximate surface area is 178 Å². The first-order valence-electron chi connectivity index (χ1n) is 9.09. The van der Waals surface area contributed by atoms with Gasteiger partial charge in [0.05, 0.1) is 23.4 Å². The average Bonchev–Trinajstić information content (AvgIpc) is 3.43. The number of thiophene rings is 1. The van der Waals surface area contributed by atoms with E-state index < -0.39 is 10.0 Å². The largest absolute Gasteiger partial charge is 0.497 e. The summed E-state index contributed by atoms with van der Waals surface area (Å²) in [4.78, 5) is 19.4. The summed E-state index contributed by atoms with van der Waals surface area (Å²) in [5.41, 5.74) is 0. The lowest BCUT2D eigenvalue weighted by Gasteiger charge is -2.23. The predicted molar refractivity (Wildman–Crippen MR) is 112 cm³/mol. The monoisotopic (exact) mass is 450 g/mol. The molecular formula is C19H22N4O5S2. The summed E-state index contributed by atoms with van der Waals surface area (Å²) in [6.07, 6.45) is 0. The van der Waals surface area contributed by atoms with Crippen molar-refractivity contribution in [2.45, 2.75) is 18.4 Å². The molecule has 3 aromatic rings. The number of hydrogen-bond acceptors (Lipinski definition) is 8. The van der Waals surface area contributed by atoms with Crippen LogP contribution in [0.1, 0.15) is 12.8 Å². The first-order chi connectivity index (χ1) is 14.3. The number of carbonyl (C=O) groups is 1. The highest BCUT2D eigenvalue weighted by atomic mass is 32.2. The Balaban J connectivity index is 1.66. The Bertz CT molecular complexity index is 1080. The highest BCUT2D eigenvalue weighted by Crippen LogP contribution is 2.22. The maximum atomic E-state index is 12.7. The summed E-state index contributed by atoms with van der Waals surface area (Å²) in [5, 5.41) is 5.84. The molecule has 0 unspecified atom stereocenters. The molecule has 30 heavy (non-hydrogen) atoms. The summed E-state index contributed by atoms with van der Waals surface area (Å²) in [6.45, 7) is 1.96. The average molecular weight is 451 g/mol. The van der Waals surface area contributed by atoms with Gasteiger partial charge >= 0.3 is 0 Å². The molecule has 0 spiro atoms. The molecule has 0 atom stereocenters. The van der Waals surface area contributed by atoms with Gasteiger partial charge in [-0.3, -0.25) is 4.79 Å². The number of nitrogens with zero attached hydrogens (tertiary/aromatic N) is 4. The molecule has 0 aliphatic heterocycles. The van der Waals surface area contributed by atoms with Crippen LogP contribution in [0.25, 0.3) is 10.7 Å². The zero-order valence-corrected chi connectivity index (χ0v) is 18.4. The molecule has 0 aliphatic rings. The van der Waals surface area contributed by atoms with Crippen LogP contribution in [0.4, 0.5) is 0 Å². The Hall–Kier alpha value is -2.76. The van der Waals surface area contributed by atoms with Crippen LogP contribution in [0.3, 0.4) is 0 Å². The highest BCUT2D eigenvalue weighted by molar-refractivity contribution is 7.89. The third kappa shape index (κ3) is 4.86. The highest BCUT2D eigenvalue weighted by Gasteiger charge is 2.26. The van der Waals surface area contributed by atoms with Crippen LogP contribution in [0.5, 0.6) is 5.75 Å². The normalized spacial score (nSPS) is 11.6. The maximum Gasteiger partial charge on any atom is 0.246 e.